The van der Waals surface area contributed by atoms with Gasteiger partial charge < -0.3 is 10.1 Å². The van der Waals surface area contributed by atoms with Crippen molar-refractivity contribution in [2.45, 2.75) is 26.9 Å². The molecule has 0 saturated heterocycles. The summed E-state index contributed by atoms with van der Waals surface area (Å²) in [4.78, 5) is 0. The topological polar surface area (TPSA) is 21.3 Å². The lowest BCUT2D eigenvalue weighted by atomic mass is 10.1. The Morgan fingerprint density at radius 2 is 1.90 bits per heavy atom. The number of hydrogen-bond acceptors (Lipinski definition) is 2. The number of nitrogens with one attached hydrogen (secondary N) is 1. The molecule has 0 aromatic rings. The van der Waals surface area contributed by atoms with E-state index >= 15 is 0 Å². The van der Waals surface area contributed by atoms with Crippen LogP contribution in [0.2, 0.25) is 0 Å². The molecule has 0 aliphatic carbocycles. The monoisotopic (exact) mass is 145 g/mol. The molecule has 0 rings (SSSR count). The van der Waals surface area contributed by atoms with Crippen LogP contribution in [0.5, 0.6) is 0 Å². The molecule has 0 spiro atoms. The van der Waals surface area contributed by atoms with E-state index in [2.05, 4.69) is 26.1 Å². The van der Waals surface area contributed by atoms with Crippen LogP contribution in [-0.4, -0.2) is 26.3 Å². The highest BCUT2D eigenvalue weighted by atomic mass is 16.5. The molecule has 0 radical (unpaired) electrons. The Labute approximate surface area is 64.0 Å². The van der Waals surface area contributed by atoms with Crippen LogP contribution in [0.15, 0.2) is 0 Å². The van der Waals surface area contributed by atoms with Crippen LogP contribution in [0.1, 0.15) is 20.8 Å². The molecule has 2 heteroatoms. The molecule has 0 heterocycles. The van der Waals surface area contributed by atoms with E-state index in [1.807, 2.05) is 7.05 Å². The fraction of sp³-hybridized carbons (Fsp3) is 1.00. The summed E-state index contributed by atoms with van der Waals surface area (Å²) in [6.07, 6.45) is 0.383. The minimum Gasteiger partial charge on any atom is -0.377 e. The number of hydrogen-bond donors (Lipinski definition) is 1. The summed E-state index contributed by atoms with van der Waals surface area (Å²) < 4.78 is 5.48. The molecule has 10 heavy (non-hydrogen) atoms. The maximum atomic E-state index is 5.48. The summed E-state index contributed by atoms with van der Waals surface area (Å²) in [6, 6.07) is 0. The summed E-state index contributed by atoms with van der Waals surface area (Å²) in [5.74, 6) is 0.622. The quantitative estimate of drug-likeness (QED) is 0.588. The van der Waals surface area contributed by atoms with E-state index in [0.29, 0.717) is 12.0 Å². The lowest BCUT2D eigenvalue weighted by Crippen LogP contribution is -2.21. The van der Waals surface area contributed by atoms with Crippen molar-refractivity contribution in [1.82, 2.24) is 5.32 Å². The predicted octanol–water partition coefficient (Wildman–Crippen LogP) is 1.27. The molecule has 0 saturated carbocycles. The van der Waals surface area contributed by atoms with Crippen LogP contribution in [0.4, 0.5) is 0 Å². The second-order valence-electron chi connectivity index (χ2n) is 2.92. The molecule has 1 N–H and O–H groups in total. The minimum absolute atomic E-state index is 0.383. The van der Waals surface area contributed by atoms with Crippen molar-refractivity contribution in [1.29, 1.82) is 0 Å². The van der Waals surface area contributed by atoms with E-state index in [9.17, 15) is 0 Å². The number of rotatable bonds is 5. The van der Waals surface area contributed by atoms with Crippen LogP contribution < -0.4 is 5.32 Å². The smallest absolute Gasteiger partial charge is 0.0594 e. The molecule has 0 aromatic carbocycles. The first-order valence-electron chi connectivity index (χ1n) is 3.94. The van der Waals surface area contributed by atoms with Gasteiger partial charge in [-0.2, -0.15) is 0 Å². The fourth-order valence-electron chi connectivity index (χ4n) is 0.539. The molecule has 0 fully saturated rings. The normalized spacial score (nSPS) is 14.1. The van der Waals surface area contributed by atoms with Gasteiger partial charge in [0.05, 0.1) is 12.7 Å². The Morgan fingerprint density at radius 3 is 2.30 bits per heavy atom. The van der Waals surface area contributed by atoms with Crippen LogP contribution in [0.25, 0.3) is 0 Å². The fourth-order valence-corrected chi connectivity index (χ4v) is 0.539. The maximum Gasteiger partial charge on any atom is 0.0594 e. The van der Waals surface area contributed by atoms with Crippen molar-refractivity contribution in [2.75, 3.05) is 20.2 Å². The number of ether oxygens (including phenoxy) is 1. The van der Waals surface area contributed by atoms with Crippen molar-refractivity contribution in [3.05, 3.63) is 0 Å². The molecule has 0 amide bonds. The van der Waals surface area contributed by atoms with Crippen molar-refractivity contribution in [3.8, 4) is 0 Å². The lowest BCUT2D eigenvalue weighted by Gasteiger charge is -2.15. The van der Waals surface area contributed by atoms with Gasteiger partial charge in [0.15, 0.2) is 0 Å². The van der Waals surface area contributed by atoms with Gasteiger partial charge in [-0.15, -0.1) is 0 Å². The zero-order chi connectivity index (χ0) is 7.98. The predicted molar refractivity (Wildman–Crippen MR) is 44.2 cm³/mol. The molecule has 1 atom stereocenters. The molecule has 0 bridgehead atoms. The van der Waals surface area contributed by atoms with Crippen molar-refractivity contribution < 1.29 is 4.74 Å². The third-order valence-electron chi connectivity index (χ3n) is 1.67. The van der Waals surface area contributed by atoms with E-state index in [1.54, 1.807) is 0 Å². The third kappa shape index (κ3) is 4.77. The first-order chi connectivity index (χ1) is 4.68. The van der Waals surface area contributed by atoms with E-state index in [0.717, 1.165) is 13.2 Å². The minimum atomic E-state index is 0.383. The molecule has 0 aromatic heterocycles. The Morgan fingerprint density at radius 1 is 1.30 bits per heavy atom. The van der Waals surface area contributed by atoms with Crippen LogP contribution in [0, 0.1) is 5.92 Å². The first kappa shape index (κ1) is 9.92. The summed E-state index contributed by atoms with van der Waals surface area (Å²) in [5.41, 5.74) is 0. The van der Waals surface area contributed by atoms with Crippen molar-refractivity contribution >= 4 is 0 Å². The van der Waals surface area contributed by atoms with Gasteiger partial charge in [0, 0.05) is 6.54 Å². The van der Waals surface area contributed by atoms with Crippen molar-refractivity contribution in [3.63, 3.8) is 0 Å². The van der Waals surface area contributed by atoms with Crippen molar-refractivity contribution in [2.24, 2.45) is 5.92 Å². The standard InChI is InChI=1S/C8H19NO/c1-7(2)8(3)10-6-5-9-4/h7-9H,5-6H2,1-4H3. The zero-order valence-corrected chi connectivity index (χ0v) is 7.48. The van der Waals surface area contributed by atoms with Gasteiger partial charge in [-0.3, -0.25) is 0 Å². The van der Waals surface area contributed by atoms with E-state index < -0.39 is 0 Å². The molecule has 0 aliphatic heterocycles. The summed E-state index contributed by atoms with van der Waals surface area (Å²) >= 11 is 0. The van der Waals surface area contributed by atoms with Crippen LogP contribution >= 0.6 is 0 Å². The Balaban J connectivity index is 3.13. The molecule has 2 nitrogen and oxygen atoms in total. The van der Waals surface area contributed by atoms with E-state index in [1.165, 1.54) is 0 Å². The molecular weight excluding hydrogens is 126 g/mol. The molecule has 0 aliphatic rings. The maximum absolute atomic E-state index is 5.48. The second kappa shape index (κ2) is 5.69. The summed E-state index contributed by atoms with van der Waals surface area (Å²) in [7, 11) is 1.93. The average Bonchev–Trinajstić information content (AvgIpc) is 1.88. The average molecular weight is 145 g/mol. The Kier molecular flexibility index (Phi) is 5.64. The Bertz CT molecular complexity index is 73.7. The van der Waals surface area contributed by atoms with E-state index in [-0.39, 0.29) is 0 Å². The molecule has 1 unspecified atom stereocenters. The van der Waals surface area contributed by atoms with Gasteiger partial charge >= 0.3 is 0 Å². The van der Waals surface area contributed by atoms with Gasteiger partial charge in [0.1, 0.15) is 0 Å². The second-order valence-corrected chi connectivity index (χ2v) is 2.92. The zero-order valence-electron chi connectivity index (χ0n) is 7.48. The highest BCUT2D eigenvalue weighted by molar-refractivity contribution is 4.54. The largest absolute Gasteiger partial charge is 0.377 e. The van der Waals surface area contributed by atoms with Gasteiger partial charge in [-0.1, -0.05) is 13.8 Å². The molecule has 62 valence electrons. The molecular formula is C8H19NO. The SMILES string of the molecule is CNCCOC(C)C(C)C. The third-order valence-corrected chi connectivity index (χ3v) is 1.67. The van der Waals surface area contributed by atoms with E-state index in [4.69, 9.17) is 4.74 Å². The number of likely N-dealkylation sites (N-methyl/N-ethyl adjacent to an activating group) is 1. The summed E-state index contributed by atoms with van der Waals surface area (Å²) in [5, 5.41) is 3.04. The van der Waals surface area contributed by atoms with Crippen LogP contribution in [0.3, 0.4) is 0 Å². The van der Waals surface area contributed by atoms with Gasteiger partial charge in [-0.25, -0.2) is 0 Å². The summed E-state index contributed by atoms with van der Waals surface area (Å²) in [6.45, 7) is 8.21. The van der Waals surface area contributed by atoms with Gasteiger partial charge in [-0.05, 0) is 19.9 Å². The Hall–Kier alpha value is -0.0800. The highest BCUT2D eigenvalue weighted by Crippen LogP contribution is 2.03. The highest BCUT2D eigenvalue weighted by Gasteiger charge is 2.05. The lowest BCUT2D eigenvalue weighted by molar-refractivity contribution is 0.0381. The first-order valence-corrected chi connectivity index (χ1v) is 3.94. The van der Waals surface area contributed by atoms with Crippen LogP contribution in [-0.2, 0) is 4.74 Å². The van der Waals surface area contributed by atoms with Gasteiger partial charge in [0.2, 0.25) is 0 Å². The van der Waals surface area contributed by atoms with Gasteiger partial charge in [0.25, 0.3) is 0 Å².